The van der Waals surface area contributed by atoms with Gasteiger partial charge < -0.3 is 10.2 Å². The van der Waals surface area contributed by atoms with E-state index in [9.17, 15) is 0 Å². The van der Waals surface area contributed by atoms with Gasteiger partial charge in [0.1, 0.15) is 5.82 Å². The molecule has 0 fully saturated rings. The van der Waals surface area contributed by atoms with Gasteiger partial charge in [-0.1, -0.05) is 12.1 Å². The topological polar surface area (TPSA) is 79.1 Å². The van der Waals surface area contributed by atoms with Crippen molar-refractivity contribution < 1.29 is 0 Å². The third-order valence-corrected chi connectivity index (χ3v) is 2.74. The molecule has 0 bridgehead atoms. The van der Waals surface area contributed by atoms with Crippen LogP contribution in [0.5, 0.6) is 0 Å². The highest BCUT2D eigenvalue weighted by Gasteiger charge is 2.07. The number of hydrogen-bond donors (Lipinski definition) is 3. The van der Waals surface area contributed by atoms with Crippen molar-refractivity contribution in [2.75, 3.05) is 29.7 Å². The lowest BCUT2D eigenvalue weighted by Gasteiger charge is -2.18. The van der Waals surface area contributed by atoms with E-state index in [4.69, 9.17) is 5.84 Å². The Labute approximate surface area is 112 Å². The van der Waals surface area contributed by atoms with Gasteiger partial charge in [0, 0.05) is 25.9 Å². The molecule has 0 radical (unpaired) electrons. The standard InChI is InChI=1S/C13H18N6/c1-9-8-15-13(18-14)17-12(9)16-10-6-4-5-7-11(10)19(2)3/h4-8H,14H2,1-3H3,(H2,15,16,17,18). The Morgan fingerprint density at radius 2 is 1.95 bits per heavy atom. The average Bonchev–Trinajstić information content (AvgIpc) is 2.41. The van der Waals surface area contributed by atoms with Crippen molar-refractivity contribution in [1.82, 2.24) is 9.97 Å². The second-order valence-corrected chi connectivity index (χ2v) is 4.41. The van der Waals surface area contributed by atoms with Crippen LogP contribution in [0.1, 0.15) is 5.56 Å². The van der Waals surface area contributed by atoms with E-state index >= 15 is 0 Å². The number of hydrogen-bond acceptors (Lipinski definition) is 6. The molecular formula is C13H18N6. The largest absolute Gasteiger partial charge is 0.376 e. The van der Waals surface area contributed by atoms with E-state index in [1.807, 2.05) is 50.2 Å². The van der Waals surface area contributed by atoms with E-state index < -0.39 is 0 Å². The predicted molar refractivity (Wildman–Crippen MR) is 78.6 cm³/mol. The molecule has 0 aliphatic carbocycles. The van der Waals surface area contributed by atoms with Crippen molar-refractivity contribution >= 4 is 23.1 Å². The number of nitrogens with zero attached hydrogens (tertiary/aromatic N) is 3. The lowest BCUT2D eigenvalue weighted by atomic mass is 10.2. The Kier molecular flexibility index (Phi) is 3.82. The van der Waals surface area contributed by atoms with Gasteiger partial charge in [-0.3, -0.25) is 5.43 Å². The minimum Gasteiger partial charge on any atom is -0.376 e. The summed E-state index contributed by atoms with van der Waals surface area (Å²) in [5, 5.41) is 3.31. The molecule has 0 saturated heterocycles. The second-order valence-electron chi connectivity index (χ2n) is 4.41. The number of nitrogens with one attached hydrogen (secondary N) is 2. The summed E-state index contributed by atoms with van der Waals surface area (Å²) >= 11 is 0. The van der Waals surface area contributed by atoms with Crippen LogP contribution in [0.15, 0.2) is 30.5 Å². The number of nitrogen functional groups attached to an aromatic ring is 1. The minimum absolute atomic E-state index is 0.385. The normalized spacial score (nSPS) is 10.1. The molecule has 1 aromatic heterocycles. The van der Waals surface area contributed by atoms with Crippen LogP contribution in [0.2, 0.25) is 0 Å². The Bertz CT molecular complexity index is 567. The SMILES string of the molecule is Cc1cnc(NN)nc1Nc1ccccc1N(C)C. The van der Waals surface area contributed by atoms with Gasteiger partial charge in [-0.2, -0.15) is 4.98 Å². The van der Waals surface area contributed by atoms with E-state index in [2.05, 4.69) is 20.7 Å². The Morgan fingerprint density at radius 1 is 1.21 bits per heavy atom. The molecule has 0 unspecified atom stereocenters. The van der Waals surface area contributed by atoms with Crippen LogP contribution < -0.4 is 21.5 Å². The third-order valence-electron chi connectivity index (χ3n) is 2.74. The molecule has 0 aliphatic heterocycles. The van der Waals surface area contributed by atoms with E-state index in [1.54, 1.807) is 6.20 Å². The lowest BCUT2D eigenvalue weighted by molar-refractivity contribution is 1.09. The zero-order chi connectivity index (χ0) is 13.8. The highest BCUT2D eigenvalue weighted by atomic mass is 15.3. The second kappa shape index (κ2) is 5.53. The quantitative estimate of drug-likeness (QED) is 0.574. The number of rotatable bonds is 4. The molecule has 1 aromatic carbocycles. The molecule has 0 spiro atoms. The van der Waals surface area contributed by atoms with Crippen LogP contribution in [-0.2, 0) is 0 Å². The summed E-state index contributed by atoms with van der Waals surface area (Å²) in [5.41, 5.74) is 5.47. The zero-order valence-electron chi connectivity index (χ0n) is 11.3. The van der Waals surface area contributed by atoms with Crippen molar-refractivity contribution in [2.45, 2.75) is 6.92 Å². The molecule has 0 amide bonds. The molecule has 0 aliphatic rings. The van der Waals surface area contributed by atoms with Gasteiger partial charge in [-0.05, 0) is 19.1 Å². The lowest BCUT2D eigenvalue weighted by Crippen LogP contribution is -2.13. The number of nitrogens with two attached hydrogens (primary N) is 1. The molecule has 0 atom stereocenters. The van der Waals surface area contributed by atoms with Crippen molar-refractivity contribution in [3.63, 3.8) is 0 Å². The average molecular weight is 258 g/mol. The zero-order valence-corrected chi connectivity index (χ0v) is 11.3. The van der Waals surface area contributed by atoms with Crippen LogP contribution in [0.4, 0.5) is 23.1 Å². The highest BCUT2D eigenvalue weighted by molar-refractivity contribution is 5.74. The number of anilines is 4. The van der Waals surface area contributed by atoms with Crippen LogP contribution in [0.3, 0.4) is 0 Å². The molecule has 100 valence electrons. The van der Waals surface area contributed by atoms with Crippen LogP contribution in [-0.4, -0.2) is 24.1 Å². The van der Waals surface area contributed by atoms with Crippen molar-refractivity contribution in [3.8, 4) is 0 Å². The van der Waals surface area contributed by atoms with Crippen molar-refractivity contribution in [2.24, 2.45) is 5.84 Å². The third kappa shape index (κ3) is 2.92. The summed E-state index contributed by atoms with van der Waals surface area (Å²) in [4.78, 5) is 10.4. The molecule has 19 heavy (non-hydrogen) atoms. The molecular weight excluding hydrogens is 240 g/mol. The Morgan fingerprint density at radius 3 is 2.63 bits per heavy atom. The number of hydrazine groups is 1. The molecule has 2 aromatic rings. The molecule has 0 saturated carbocycles. The van der Waals surface area contributed by atoms with E-state index in [0.29, 0.717) is 5.95 Å². The van der Waals surface area contributed by atoms with Gasteiger partial charge in [0.2, 0.25) is 5.95 Å². The minimum atomic E-state index is 0.385. The first-order valence-electron chi connectivity index (χ1n) is 5.95. The van der Waals surface area contributed by atoms with Crippen LogP contribution in [0.25, 0.3) is 0 Å². The van der Waals surface area contributed by atoms with Gasteiger partial charge in [0.25, 0.3) is 0 Å². The Hall–Kier alpha value is -2.34. The molecule has 2 rings (SSSR count). The maximum Gasteiger partial charge on any atom is 0.239 e. The summed E-state index contributed by atoms with van der Waals surface area (Å²) < 4.78 is 0. The fourth-order valence-corrected chi connectivity index (χ4v) is 1.74. The maximum atomic E-state index is 5.33. The summed E-state index contributed by atoms with van der Waals surface area (Å²) in [5.74, 6) is 6.45. The first kappa shape index (κ1) is 13.1. The molecule has 1 heterocycles. The van der Waals surface area contributed by atoms with E-state index in [0.717, 1.165) is 22.8 Å². The maximum absolute atomic E-state index is 5.33. The van der Waals surface area contributed by atoms with Crippen molar-refractivity contribution in [1.29, 1.82) is 0 Å². The van der Waals surface area contributed by atoms with Crippen molar-refractivity contribution in [3.05, 3.63) is 36.0 Å². The van der Waals surface area contributed by atoms with Gasteiger partial charge >= 0.3 is 0 Å². The molecule has 4 N–H and O–H groups in total. The van der Waals surface area contributed by atoms with Gasteiger partial charge in [-0.15, -0.1) is 0 Å². The van der Waals surface area contributed by atoms with Crippen LogP contribution >= 0.6 is 0 Å². The smallest absolute Gasteiger partial charge is 0.239 e. The van der Waals surface area contributed by atoms with E-state index in [1.165, 1.54) is 0 Å². The number of aryl methyl sites for hydroxylation is 1. The summed E-state index contributed by atoms with van der Waals surface area (Å²) in [6.45, 7) is 1.95. The summed E-state index contributed by atoms with van der Waals surface area (Å²) in [7, 11) is 4.00. The monoisotopic (exact) mass is 258 g/mol. The fraction of sp³-hybridized carbons (Fsp3) is 0.231. The van der Waals surface area contributed by atoms with Gasteiger partial charge in [0.05, 0.1) is 11.4 Å². The number of para-hydroxylation sites is 2. The van der Waals surface area contributed by atoms with Gasteiger partial charge in [-0.25, -0.2) is 10.8 Å². The number of aromatic nitrogens is 2. The first-order chi connectivity index (χ1) is 9.11. The van der Waals surface area contributed by atoms with E-state index in [-0.39, 0.29) is 0 Å². The molecule has 6 heteroatoms. The number of benzene rings is 1. The summed E-state index contributed by atoms with van der Waals surface area (Å²) in [6, 6.07) is 8.03. The Balaban J connectivity index is 2.36. The molecule has 6 nitrogen and oxygen atoms in total. The highest BCUT2D eigenvalue weighted by Crippen LogP contribution is 2.27. The van der Waals surface area contributed by atoms with Crippen LogP contribution in [0, 0.1) is 6.92 Å². The van der Waals surface area contributed by atoms with Gasteiger partial charge in [0.15, 0.2) is 0 Å². The summed E-state index contributed by atoms with van der Waals surface area (Å²) in [6.07, 6.45) is 1.72. The first-order valence-corrected chi connectivity index (χ1v) is 5.95. The fourth-order valence-electron chi connectivity index (χ4n) is 1.74. The predicted octanol–water partition coefficient (Wildman–Crippen LogP) is 1.88.